The average Bonchev–Trinajstić information content (AvgIpc) is 2.70. The van der Waals surface area contributed by atoms with Crippen LogP contribution in [0.25, 0.3) is 10.8 Å². The second-order valence-electron chi connectivity index (χ2n) is 7.23. The molecule has 26 heavy (non-hydrogen) atoms. The molecule has 1 atom stereocenters. The van der Waals surface area contributed by atoms with E-state index in [4.69, 9.17) is 0 Å². The Morgan fingerprint density at radius 2 is 1.92 bits per heavy atom. The molecule has 1 heterocycles. The highest BCUT2D eigenvalue weighted by Gasteiger charge is 2.30. The minimum Gasteiger partial charge on any atom is -0.345 e. The van der Waals surface area contributed by atoms with E-state index in [-0.39, 0.29) is 17.7 Å². The van der Waals surface area contributed by atoms with Crippen LogP contribution in [-0.4, -0.2) is 48.3 Å². The molecular weight excluding hydrogens is 324 g/mol. The average molecular weight is 352 g/mol. The number of carbonyl (C=O) groups is 2. The maximum atomic E-state index is 13.1. The molecule has 2 aromatic carbocycles. The number of piperidine rings is 1. The Labute approximate surface area is 155 Å². The van der Waals surface area contributed by atoms with Crippen molar-refractivity contribution >= 4 is 22.6 Å². The Kier molecular flexibility index (Phi) is 5.92. The van der Waals surface area contributed by atoms with Gasteiger partial charge in [0.2, 0.25) is 5.91 Å². The highest BCUT2D eigenvalue weighted by Crippen LogP contribution is 2.24. The van der Waals surface area contributed by atoms with Crippen molar-refractivity contribution in [3.63, 3.8) is 0 Å². The standard InChI is InChI=1S/C22H28N2O2/c1-3-4-14-23(2)21(25)18-11-8-15-24(16-18)22(26)20-13-7-10-17-9-5-6-12-19(17)20/h5-7,9-10,12-13,18H,3-4,8,11,14-16H2,1-2H3. The Morgan fingerprint density at radius 3 is 2.73 bits per heavy atom. The van der Waals surface area contributed by atoms with E-state index in [9.17, 15) is 9.59 Å². The van der Waals surface area contributed by atoms with Crippen LogP contribution in [-0.2, 0) is 4.79 Å². The van der Waals surface area contributed by atoms with Gasteiger partial charge in [0.05, 0.1) is 5.92 Å². The molecule has 1 aliphatic rings. The number of carbonyl (C=O) groups excluding carboxylic acids is 2. The van der Waals surface area contributed by atoms with Crippen molar-refractivity contribution < 1.29 is 9.59 Å². The van der Waals surface area contributed by atoms with Gasteiger partial charge in [-0.15, -0.1) is 0 Å². The molecule has 3 rings (SSSR count). The van der Waals surface area contributed by atoms with Crippen LogP contribution < -0.4 is 0 Å². The molecular formula is C22H28N2O2. The van der Waals surface area contributed by atoms with E-state index in [0.717, 1.165) is 55.1 Å². The maximum absolute atomic E-state index is 13.1. The molecule has 138 valence electrons. The molecule has 1 unspecified atom stereocenters. The predicted octanol–water partition coefficient (Wildman–Crippen LogP) is 3.95. The summed E-state index contributed by atoms with van der Waals surface area (Å²) < 4.78 is 0. The number of likely N-dealkylation sites (tertiary alicyclic amines) is 1. The van der Waals surface area contributed by atoms with Crippen LogP contribution in [0.1, 0.15) is 43.0 Å². The quantitative estimate of drug-likeness (QED) is 0.817. The van der Waals surface area contributed by atoms with Crippen molar-refractivity contribution in [3.05, 3.63) is 48.0 Å². The number of amides is 2. The summed E-state index contributed by atoms with van der Waals surface area (Å²) in [5, 5.41) is 2.05. The van der Waals surface area contributed by atoms with Gasteiger partial charge in [-0.1, -0.05) is 49.7 Å². The van der Waals surface area contributed by atoms with E-state index in [2.05, 4.69) is 6.92 Å². The van der Waals surface area contributed by atoms with E-state index in [1.54, 1.807) is 0 Å². The van der Waals surface area contributed by atoms with Crippen molar-refractivity contribution in [2.24, 2.45) is 5.92 Å². The van der Waals surface area contributed by atoms with Gasteiger partial charge in [-0.2, -0.15) is 0 Å². The molecule has 0 bridgehead atoms. The zero-order chi connectivity index (χ0) is 18.5. The fourth-order valence-corrected chi connectivity index (χ4v) is 3.76. The van der Waals surface area contributed by atoms with Crippen LogP contribution in [0.5, 0.6) is 0 Å². The molecule has 1 saturated heterocycles. The van der Waals surface area contributed by atoms with Crippen LogP contribution in [0.4, 0.5) is 0 Å². The summed E-state index contributed by atoms with van der Waals surface area (Å²) in [5.41, 5.74) is 0.732. The Hall–Kier alpha value is -2.36. The Morgan fingerprint density at radius 1 is 1.15 bits per heavy atom. The molecule has 0 aliphatic carbocycles. The third-order valence-electron chi connectivity index (χ3n) is 5.30. The molecule has 4 heteroatoms. The number of hydrogen-bond acceptors (Lipinski definition) is 2. The lowest BCUT2D eigenvalue weighted by Gasteiger charge is -2.34. The number of nitrogens with zero attached hydrogens (tertiary/aromatic N) is 2. The van der Waals surface area contributed by atoms with E-state index in [0.29, 0.717) is 6.54 Å². The molecule has 1 aliphatic heterocycles. The largest absolute Gasteiger partial charge is 0.345 e. The van der Waals surface area contributed by atoms with Crippen molar-refractivity contribution in [2.45, 2.75) is 32.6 Å². The zero-order valence-electron chi connectivity index (χ0n) is 15.8. The summed E-state index contributed by atoms with van der Waals surface area (Å²) >= 11 is 0. The third kappa shape index (κ3) is 3.90. The Bertz CT molecular complexity index is 781. The van der Waals surface area contributed by atoms with Gasteiger partial charge < -0.3 is 9.80 Å². The number of rotatable bonds is 5. The van der Waals surface area contributed by atoms with E-state index >= 15 is 0 Å². The third-order valence-corrected chi connectivity index (χ3v) is 5.30. The molecule has 2 amide bonds. The number of unbranched alkanes of at least 4 members (excludes halogenated alkanes) is 1. The first-order valence-corrected chi connectivity index (χ1v) is 9.64. The minimum absolute atomic E-state index is 0.0375. The molecule has 2 aromatic rings. The van der Waals surface area contributed by atoms with Crippen molar-refractivity contribution in [2.75, 3.05) is 26.7 Å². The first kappa shape index (κ1) is 18.4. The van der Waals surface area contributed by atoms with Crippen LogP contribution in [0.15, 0.2) is 42.5 Å². The monoisotopic (exact) mass is 352 g/mol. The highest BCUT2D eigenvalue weighted by molar-refractivity contribution is 6.07. The normalized spacial score (nSPS) is 17.3. The molecule has 1 fully saturated rings. The second-order valence-corrected chi connectivity index (χ2v) is 7.23. The van der Waals surface area contributed by atoms with Crippen LogP contribution in [0.3, 0.4) is 0 Å². The van der Waals surface area contributed by atoms with Gasteiger partial charge in [0.1, 0.15) is 0 Å². The van der Waals surface area contributed by atoms with Crippen LogP contribution in [0.2, 0.25) is 0 Å². The summed E-state index contributed by atoms with van der Waals surface area (Å²) in [5.74, 6) is 0.133. The van der Waals surface area contributed by atoms with Gasteiger partial charge in [-0.25, -0.2) is 0 Å². The maximum Gasteiger partial charge on any atom is 0.254 e. The summed E-state index contributed by atoms with van der Waals surface area (Å²) in [6.45, 7) is 4.18. The fourth-order valence-electron chi connectivity index (χ4n) is 3.76. The smallest absolute Gasteiger partial charge is 0.254 e. The lowest BCUT2D eigenvalue weighted by atomic mass is 9.95. The number of hydrogen-bond donors (Lipinski definition) is 0. The van der Waals surface area contributed by atoms with Gasteiger partial charge in [-0.3, -0.25) is 9.59 Å². The van der Waals surface area contributed by atoms with E-state index in [1.165, 1.54) is 0 Å². The summed E-state index contributed by atoms with van der Waals surface area (Å²) in [6.07, 6.45) is 3.85. The van der Waals surface area contributed by atoms with Crippen LogP contribution in [0, 0.1) is 5.92 Å². The molecule has 0 aromatic heterocycles. The number of fused-ring (bicyclic) bond motifs is 1. The first-order valence-electron chi connectivity index (χ1n) is 9.64. The van der Waals surface area contributed by atoms with Gasteiger partial charge >= 0.3 is 0 Å². The lowest BCUT2D eigenvalue weighted by molar-refractivity contribution is -0.135. The van der Waals surface area contributed by atoms with Crippen LogP contribution >= 0.6 is 0 Å². The van der Waals surface area contributed by atoms with E-state index in [1.807, 2.05) is 59.3 Å². The molecule has 0 radical (unpaired) electrons. The van der Waals surface area contributed by atoms with Crippen molar-refractivity contribution in [3.8, 4) is 0 Å². The predicted molar refractivity (Wildman–Crippen MR) is 105 cm³/mol. The van der Waals surface area contributed by atoms with Gasteiger partial charge in [-0.05, 0) is 36.1 Å². The molecule has 0 saturated carbocycles. The van der Waals surface area contributed by atoms with Gasteiger partial charge in [0.15, 0.2) is 0 Å². The first-order chi connectivity index (χ1) is 12.6. The topological polar surface area (TPSA) is 40.6 Å². The number of benzene rings is 2. The fraction of sp³-hybridized carbons (Fsp3) is 0.455. The van der Waals surface area contributed by atoms with Gasteiger partial charge in [0, 0.05) is 32.2 Å². The van der Waals surface area contributed by atoms with E-state index < -0.39 is 0 Å². The Balaban J connectivity index is 1.74. The van der Waals surface area contributed by atoms with Crippen molar-refractivity contribution in [1.29, 1.82) is 0 Å². The second kappa shape index (κ2) is 8.35. The SMILES string of the molecule is CCCCN(C)C(=O)C1CCCN(C(=O)c2cccc3ccccc23)C1. The molecule has 0 N–H and O–H groups in total. The minimum atomic E-state index is -0.0791. The molecule has 4 nitrogen and oxygen atoms in total. The zero-order valence-corrected chi connectivity index (χ0v) is 15.8. The van der Waals surface area contributed by atoms with Crippen molar-refractivity contribution in [1.82, 2.24) is 9.80 Å². The summed E-state index contributed by atoms with van der Waals surface area (Å²) in [6, 6.07) is 13.8. The highest BCUT2D eigenvalue weighted by atomic mass is 16.2. The molecule has 0 spiro atoms. The van der Waals surface area contributed by atoms with Gasteiger partial charge in [0.25, 0.3) is 5.91 Å². The summed E-state index contributed by atoms with van der Waals surface area (Å²) in [7, 11) is 1.88. The lowest BCUT2D eigenvalue weighted by Crippen LogP contribution is -2.46. The summed E-state index contributed by atoms with van der Waals surface area (Å²) in [4.78, 5) is 29.5.